The molecule has 1 fully saturated rings. The molecule has 0 aliphatic heterocycles. The number of nitrogens with one attached hydrogen (secondary N) is 1. The van der Waals surface area contributed by atoms with Crippen molar-refractivity contribution < 1.29 is 14.8 Å². The average molecular weight is 306 g/mol. The summed E-state index contributed by atoms with van der Waals surface area (Å²) in [6.07, 6.45) is 5.51. The van der Waals surface area contributed by atoms with Crippen molar-refractivity contribution in [2.75, 3.05) is 6.54 Å². The SMILES string of the molecule is Cc1ccc(C(=O)NCC2(O)CCCCCC2)cc1[N+](=O)[O-]. The van der Waals surface area contributed by atoms with E-state index in [0.717, 1.165) is 25.7 Å². The first-order valence-corrected chi connectivity index (χ1v) is 7.67. The fourth-order valence-corrected chi connectivity index (χ4v) is 2.86. The molecule has 0 aromatic heterocycles. The molecule has 0 atom stereocenters. The van der Waals surface area contributed by atoms with Crippen molar-refractivity contribution in [3.8, 4) is 0 Å². The van der Waals surface area contributed by atoms with Gasteiger partial charge in [0.25, 0.3) is 11.6 Å². The highest BCUT2D eigenvalue weighted by atomic mass is 16.6. The first-order chi connectivity index (χ1) is 10.4. The lowest BCUT2D eigenvalue weighted by atomic mass is 9.94. The first kappa shape index (κ1) is 16.4. The molecule has 1 amide bonds. The number of nitrogens with zero attached hydrogens (tertiary/aromatic N) is 1. The van der Waals surface area contributed by atoms with Gasteiger partial charge in [0.05, 0.1) is 10.5 Å². The zero-order valence-corrected chi connectivity index (χ0v) is 12.8. The van der Waals surface area contributed by atoms with Crippen LogP contribution < -0.4 is 5.32 Å². The summed E-state index contributed by atoms with van der Waals surface area (Å²) in [6.45, 7) is 1.82. The Labute approximate surface area is 129 Å². The highest BCUT2D eigenvalue weighted by molar-refractivity contribution is 5.95. The molecule has 0 spiro atoms. The van der Waals surface area contributed by atoms with E-state index < -0.39 is 10.5 Å². The van der Waals surface area contributed by atoms with E-state index in [1.807, 2.05) is 0 Å². The van der Waals surface area contributed by atoms with Crippen LogP contribution in [0.4, 0.5) is 5.69 Å². The van der Waals surface area contributed by atoms with E-state index in [-0.39, 0.29) is 23.7 Å². The molecule has 1 aromatic carbocycles. The fourth-order valence-electron chi connectivity index (χ4n) is 2.86. The maximum absolute atomic E-state index is 12.2. The van der Waals surface area contributed by atoms with E-state index >= 15 is 0 Å². The first-order valence-electron chi connectivity index (χ1n) is 7.67. The molecule has 2 rings (SSSR count). The number of amides is 1. The van der Waals surface area contributed by atoms with E-state index in [9.17, 15) is 20.0 Å². The summed E-state index contributed by atoms with van der Waals surface area (Å²) in [4.78, 5) is 22.6. The minimum absolute atomic E-state index is 0.0687. The molecule has 0 heterocycles. The number of nitro benzene ring substituents is 1. The molecule has 0 radical (unpaired) electrons. The zero-order chi connectivity index (χ0) is 16.2. The molecule has 120 valence electrons. The van der Waals surface area contributed by atoms with Crippen molar-refractivity contribution in [3.63, 3.8) is 0 Å². The number of nitro groups is 1. The number of carbonyl (C=O) groups is 1. The number of carbonyl (C=O) groups excluding carboxylic acids is 1. The minimum Gasteiger partial charge on any atom is -0.388 e. The van der Waals surface area contributed by atoms with Crippen molar-refractivity contribution in [3.05, 3.63) is 39.4 Å². The van der Waals surface area contributed by atoms with Gasteiger partial charge in [-0.2, -0.15) is 0 Å². The van der Waals surface area contributed by atoms with Crippen LogP contribution in [0.1, 0.15) is 54.4 Å². The van der Waals surface area contributed by atoms with E-state index in [0.29, 0.717) is 18.4 Å². The fraction of sp³-hybridized carbons (Fsp3) is 0.562. The molecule has 22 heavy (non-hydrogen) atoms. The van der Waals surface area contributed by atoms with Gasteiger partial charge in [-0.05, 0) is 25.8 Å². The Hall–Kier alpha value is -1.95. The minimum atomic E-state index is -0.858. The van der Waals surface area contributed by atoms with Gasteiger partial charge in [0.2, 0.25) is 0 Å². The summed E-state index contributed by atoms with van der Waals surface area (Å²) in [6, 6.07) is 4.41. The van der Waals surface area contributed by atoms with Crippen LogP contribution >= 0.6 is 0 Å². The van der Waals surface area contributed by atoms with Crippen LogP contribution in [-0.2, 0) is 0 Å². The lowest BCUT2D eigenvalue weighted by Gasteiger charge is -2.26. The predicted octanol–water partition coefficient (Wildman–Crippen LogP) is 2.72. The lowest BCUT2D eigenvalue weighted by molar-refractivity contribution is -0.385. The van der Waals surface area contributed by atoms with Gasteiger partial charge in [-0.1, -0.05) is 31.7 Å². The van der Waals surface area contributed by atoms with Gasteiger partial charge in [0, 0.05) is 23.7 Å². The van der Waals surface area contributed by atoms with Crippen LogP contribution in [0.2, 0.25) is 0 Å². The second-order valence-corrected chi connectivity index (χ2v) is 6.08. The van der Waals surface area contributed by atoms with Gasteiger partial charge in [-0.15, -0.1) is 0 Å². The van der Waals surface area contributed by atoms with Gasteiger partial charge in [-0.3, -0.25) is 14.9 Å². The third-order valence-electron chi connectivity index (χ3n) is 4.28. The highest BCUT2D eigenvalue weighted by Gasteiger charge is 2.28. The Bertz CT molecular complexity index is 563. The summed E-state index contributed by atoms with van der Waals surface area (Å²) < 4.78 is 0. The van der Waals surface area contributed by atoms with E-state index in [1.54, 1.807) is 19.1 Å². The van der Waals surface area contributed by atoms with Crippen molar-refractivity contribution in [2.45, 2.75) is 51.0 Å². The largest absolute Gasteiger partial charge is 0.388 e. The molecule has 1 aromatic rings. The zero-order valence-electron chi connectivity index (χ0n) is 12.8. The quantitative estimate of drug-likeness (QED) is 0.508. The summed E-state index contributed by atoms with van der Waals surface area (Å²) in [5.74, 6) is -0.388. The van der Waals surface area contributed by atoms with Crippen LogP contribution in [0, 0.1) is 17.0 Å². The smallest absolute Gasteiger partial charge is 0.273 e. The van der Waals surface area contributed by atoms with Gasteiger partial charge in [-0.25, -0.2) is 0 Å². The molecule has 0 unspecified atom stereocenters. The third-order valence-corrected chi connectivity index (χ3v) is 4.28. The molecule has 2 N–H and O–H groups in total. The topological polar surface area (TPSA) is 92.5 Å². The van der Waals surface area contributed by atoms with Crippen LogP contribution in [0.5, 0.6) is 0 Å². The average Bonchev–Trinajstić information content (AvgIpc) is 2.70. The van der Waals surface area contributed by atoms with Crippen molar-refractivity contribution in [1.29, 1.82) is 0 Å². The normalized spacial score (nSPS) is 17.5. The van der Waals surface area contributed by atoms with Crippen LogP contribution in [0.25, 0.3) is 0 Å². The summed E-state index contributed by atoms with van der Waals surface area (Å²) >= 11 is 0. The maximum atomic E-state index is 12.2. The van der Waals surface area contributed by atoms with Crippen molar-refractivity contribution in [1.82, 2.24) is 5.32 Å². The molecule has 0 bridgehead atoms. The summed E-state index contributed by atoms with van der Waals surface area (Å²) in [5.41, 5.74) is -0.165. The molecule has 6 heteroatoms. The van der Waals surface area contributed by atoms with Crippen LogP contribution in [-0.4, -0.2) is 28.1 Å². The third kappa shape index (κ3) is 4.04. The molecule has 1 aliphatic rings. The summed E-state index contributed by atoms with van der Waals surface area (Å²) in [7, 11) is 0. The van der Waals surface area contributed by atoms with Gasteiger partial charge in [0.15, 0.2) is 0 Å². The van der Waals surface area contributed by atoms with E-state index in [1.165, 1.54) is 6.07 Å². The Balaban J connectivity index is 2.03. The molecule has 1 aliphatic carbocycles. The Kier molecular flexibility index (Phi) is 5.13. The Morgan fingerprint density at radius 3 is 2.55 bits per heavy atom. The Morgan fingerprint density at radius 2 is 1.95 bits per heavy atom. The molecule has 6 nitrogen and oxygen atoms in total. The van der Waals surface area contributed by atoms with Crippen LogP contribution in [0.15, 0.2) is 18.2 Å². The van der Waals surface area contributed by atoms with Crippen LogP contribution in [0.3, 0.4) is 0 Å². The van der Waals surface area contributed by atoms with Gasteiger partial charge < -0.3 is 10.4 Å². The number of aryl methyl sites for hydroxylation is 1. The van der Waals surface area contributed by atoms with Gasteiger partial charge in [0.1, 0.15) is 0 Å². The second-order valence-electron chi connectivity index (χ2n) is 6.08. The predicted molar refractivity (Wildman–Crippen MR) is 82.8 cm³/mol. The molecule has 0 saturated heterocycles. The van der Waals surface area contributed by atoms with Crippen molar-refractivity contribution >= 4 is 11.6 Å². The van der Waals surface area contributed by atoms with E-state index in [4.69, 9.17) is 0 Å². The lowest BCUT2D eigenvalue weighted by Crippen LogP contribution is -2.42. The number of hydrogen-bond donors (Lipinski definition) is 2. The number of hydrogen-bond acceptors (Lipinski definition) is 4. The number of aliphatic hydroxyl groups is 1. The maximum Gasteiger partial charge on any atom is 0.273 e. The standard InChI is InChI=1S/C16H22N2O4/c1-12-6-7-13(10-14(12)18(21)22)15(19)17-11-16(20)8-4-2-3-5-9-16/h6-7,10,20H,2-5,8-9,11H2,1H3,(H,17,19). The molecular formula is C16H22N2O4. The van der Waals surface area contributed by atoms with Gasteiger partial charge >= 0.3 is 0 Å². The monoisotopic (exact) mass is 306 g/mol. The van der Waals surface area contributed by atoms with E-state index in [2.05, 4.69) is 5.32 Å². The number of benzene rings is 1. The second kappa shape index (κ2) is 6.87. The van der Waals surface area contributed by atoms with Crippen molar-refractivity contribution in [2.24, 2.45) is 0 Å². The molecule has 1 saturated carbocycles. The molecular weight excluding hydrogens is 284 g/mol. The highest BCUT2D eigenvalue weighted by Crippen LogP contribution is 2.26. The Morgan fingerprint density at radius 1 is 1.32 bits per heavy atom. The number of rotatable bonds is 4. The summed E-state index contributed by atoms with van der Waals surface area (Å²) in [5, 5.41) is 24.1.